The first kappa shape index (κ1) is 24.6. The third kappa shape index (κ3) is 5.29. The summed E-state index contributed by atoms with van der Waals surface area (Å²) in [6, 6.07) is 7.31. The highest BCUT2D eigenvalue weighted by Gasteiger charge is 2.33. The fourth-order valence-corrected chi connectivity index (χ4v) is 4.52. The van der Waals surface area contributed by atoms with Crippen molar-refractivity contribution in [2.75, 3.05) is 49.1 Å². The number of nitrogens with zero attached hydrogens (tertiary/aromatic N) is 1. The number of ether oxygens (including phenoxy) is 5. The molecule has 0 aromatic heterocycles. The number of carbonyl (C=O) groups excluding carboxylic acids is 1. The molecule has 0 heterocycles. The highest BCUT2D eigenvalue weighted by atomic mass is 16.5. The van der Waals surface area contributed by atoms with Gasteiger partial charge in [0.1, 0.15) is 5.75 Å². The summed E-state index contributed by atoms with van der Waals surface area (Å²) in [5.41, 5.74) is 2.97. The van der Waals surface area contributed by atoms with E-state index in [1.54, 1.807) is 59.6 Å². The average Bonchev–Trinajstić information content (AvgIpc) is 3.25. The molecule has 0 N–H and O–H groups in total. The summed E-state index contributed by atoms with van der Waals surface area (Å²) in [4.78, 5) is 13.5. The van der Waals surface area contributed by atoms with Gasteiger partial charge in [-0.05, 0) is 62.3 Å². The van der Waals surface area contributed by atoms with Crippen molar-refractivity contribution < 1.29 is 28.5 Å². The van der Waals surface area contributed by atoms with Gasteiger partial charge in [-0.1, -0.05) is 0 Å². The number of benzene rings is 2. The molecule has 3 rings (SSSR count). The van der Waals surface area contributed by atoms with E-state index in [2.05, 4.69) is 0 Å². The number of amides is 1. The van der Waals surface area contributed by atoms with Gasteiger partial charge in [-0.25, -0.2) is 0 Å². The van der Waals surface area contributed by atoms with Crippen LogP contribution in [0.15, 0.2) is 24.3 Å². The summed E-state index contributed by atoms with van der Waals surface area (Å²) in [7, 11) is 10.1. The van der Waals surface area contributed by atoms with Crippen molar-refractivity contribution in [1.82, 2.24) is 4.90 Å². The van der Waals surface area contributed by atoms with Crippen LogP contribution < -0.4 is 23.7 Å². The minimum Gasteiger partial charge on any atom is -0.494 e. The maximum Gasteiger partial charge on any atom is 0.253 e. The van der Waals surface area contributed by atoms with E-state index in [9.17, 15) is 4.79 Å². The van der Waals surface area contributed by atoms with E-state index in [1.807, 2.05) is 12.1 Å². The first-order valence-electron chi connectivity index (χ1n) is 11.3. The van der Waals surface area contributed by atoms with Crippen molar-refractivity contribution in [3.8, 4) is 28.7 Å². The van der Waals surface area contributed by atoms with Gasteiger partial charge < -0.3 is 28.6 Å². The predicted molar refractivity (Wildman–Crippen MR) is 127 cm³/mol. The second-order valence-corrected chi connectivity index (χ2v) is 8.43. The number of hydrogen-bond acceptors (Lipinski definition) is 6. The molecule has 0 fully saturated rings. The molecule has 33 heavy (non-hydrogen) atoms. The molecule has 7 heteroatoms. The number of fused-ring (bicyclic) bond motifs is 1. The number of methoxy groups -OCH3 is 4. The summed E-state index contributed by atoms with van der Waals surface area (Å²) < 4.78 is 28.4. The number of rotatable bonds is 11. The molecular weight excluding hydrogens is 422 g/mol. The lowest BCUT2D eigenvalue weighted by molar-refractivity contribution is 0.0827. The first-order chi connectivity index (χ1) is 15.9. The average molecular weight is 458 g/mol. The fourth-order valence-electron chi connectivity index (χ4n) is 4.52. The van der Waals surface area contributed by atoms with Gasteiger partial charge in [-0.2, -0.15) is 0 Å². The highest BCUT2D eigenvalue weighted by Crippen LogP contribution is 2.53. The molecular formula is C26H35NO6. The predicted octanol–water partition coefficient (Wildman–Crippen LogP) is 4.39. The molecule has 0 saturated heterocycles. The lowest BCUT2D eigenvalue weighted by Crippen LogP contribution is -2.21. The summed E-state index contributed by atoms with van der Waals surface area (Å²) in [6.45, 7) is 0.648. The molecule has 0 spiro atoms. The molecule has 180 valence electrons. The van der Waals surface area contributed by atoms with Gasteiger partial charge in [-0.15, -0.1) is 0 Å². The molecule has 0 saturated carbocycles. The van der Waals surface area contributed by atoms with Gasteiger partial charge in [0, 0.05) is 30.8 Å². The van der Waals surface area contributed by atoms with E-state index >= 15 is 0 Å². The molecule has 0 atom stereocenters. The Labute approximate surface area is 196 Å². The van der Waals surface area contributed by atoms with Crippen molar-refractivity contribution >= 4 is 5.91 Å². The molecule has 1 aliphatic rings. The Morgan fingerprint density at radius 1 is 0.818 bits per heavy atom. The maximum atomic E-state index is 12.0. The van der Waals surface area contributed by atoms with Gasteiger partial charge in [0.05, 0.1) is 35.0 Å². The quantitative estimate of drug-likeness (QED) is 0.467. The second-order valence-electron chi connectivity index (χ2n) is 8.43. The van der Waals surface area contributed by atoms with Crippen LogP contribution in [0.25, 0.3) is 0 Å². The van der Waals surface area contributed by atoms with Crippen molar-refractivity contribution in [3.63, 3.8) is 0 Å². The Morgan fingerprint density at radius 3 is 1.79 bits per heavy atom. The highest BCUT2D eigenvalue weighted by molar-refractivity contribution is 5.93. The maximum absolute atomic E-state index is 12.0. The lowest BCUT2D eigenvalue weighted by Gasteiger charge is -2.19. The Balaban J connectivity index is 1.53. The van der Waals surface area contributed by atoms with Crippen LogP contribution in [0.1, 0.15) is 40.7 Å². The van der Waals surface area contributed by atoms with E-state index in [-0.39, 0.29) is 5.91 Å². The molecule has 0 bridgehead atoms. The van der Waals surface area contributed by atoms with E-state index < -0.39 is 0 Å². The second kappa shape index (κ2) is 11.2. The third-order valence-corrected chi connectivity index (χ3v) is 6.12. The molecule has 1 aliphatic carbocycles. The number of carbonyl (C=O) groups is 1. The molecule has 0 radical (unpaired) electrons. The van der Waals surface area contributed by atoms with E-state index in [1.165, 1.54) is 0 Å². The summed E-state index contributed by atoms with van der Waals surface area (Å²) in [5, 5.41) is 0. The standard InChI is InChI=1S/C26H35NO6/c1-27(2)26(28)18-10-12-19(13-11-18)33-14-8-7-9-17-15-20-21(16-17)23(30-4)25(32-6)24(31-5)22(20)29-3/h10-13,17H,7-9,14-16H2,1-6H3. The summed E-state index contributed by atoms with van der Waals surface area (Å²) >= 11 is 0. The smallest absolute Gasteiger partial charge is 0.253 e. The van der Waals surface area contributed by atoms with Crippen molar-refractivity contribution in [2.24, 2.45) is 5.92 Å². The minimum atomic E-state index is -0.0115. The third-order valence-electron chi connectivity index (χ3n) is 6.12. The van der Waals surface area contributed by atoms with Crippen molar-refractivity contribution in [2.45, 2.75) is 32.1 Å². The molecule has 0 aliphatic heterocycles. The monoisotopic (exact) mass is 457 g/mol. The summed E-state index contributed by atoms with van der Waals surface area (Å²) in [6.07, 6.45) is 4.97. The lowest BCUT2D eigenvalue weighted by atomic mass is 9.99. The topological polar surface area (TPSA) is 66.5 Å². The van der Waals surface area contributed by atoms with E-state index in [4.69, 9.17) is 23.7 Å². The zero-order valence-corrected chi connectivity index (χ0v) is 20.5. The van der Waals surface area contributed by atoms with Crippen molar-refractivity contribution in [3.05, 3.63) is 41.0 Å². The summed E-state index contributed by atoms with van der Waals surface area (Å²) in [5.74, 6) is 3.94. The first-order valence-corrected chi connectivity index (χ1v) is 11.3. The minimum absolute atomic E-state index is 0.0115. The van der Waals surface area contributed by atoms with Crippen LogP contribution in [0.5, 0.6) is 28.7 Å². The zero-order valence-electron chi connectivity index (χ0n) is 20.5. The van der Waals surface area contributed by atoms with Crippen LogP contribution in [0, 0.1) is 5.92 Å². The SMILES string of the molecule is COc1c2c(c(OC)c(OC)c1OC)CC(CCCCOc1ccc(C(=O)N(C)C)cc1)C2. The Hall–Kier alpha value is -3.09. The van der Waals surface area contributed by atoms with E-state index in [0.29, 0.717) is 29.6 Å². The van der Waals surface area contributed by atoms with E-state index in [0.717, 1.165) is 60.5 Å². The number of unbranched alkanes of at least 4 members (excludes halogenated alkanes) is 1. The van der Waals surface area contributed by atoms with Gasteiger partial charge >= 0.3 is 0 Å². The van der Waals surface area contributed by atoms with Crippen LogP contribution in [-0.2, 0) is 12.8 Å². The largest absolute Gasteiger partial charge is 0.494 e. The molecule has 7 nitrogen and oxygen atoms in total. The van der Waals surface area contributed by atoms with Crippen LogP contribution in [0.2, 0.25) is 0 Å². The fraction of sp³-hybridized carbons (Fsp3) is 0.500. The Morgan fingerprint density at radius 2 is 1.33 bits per heavy atom. The Bertz CT molecular complexity index is 913. The van der Waals surface area contributed by atoms with Gasteiger partial charge in [0.25, 0.3) is 5.91 Å². The van der Waals surface area contributed by atoms with Crippen LogP contribution in [-0.4, -0.2) is 59.9 Å². The Kier molecular flexibility index (Phi) is 8.31. The molecule has 1 amide bonds. The van der Waals surface area contributed by atoms with Crippen LogP contribution in [0.4, 0.5) is 0 Å². The van der Waals surface area contributed by atoms with Crippen LogP contribution in [0.3, 0.4) is 0 Å². The molecule has 2 aromatic carbocycles. The normalized spacial score (nSPS) is 12.8. The van der Waals surface area contributed by atoms with Crippen LogP contribution >= 0.6 is 0 Å². The van der Waals surface area contributed by atoms with Gasteiger partial charge in [-0.3, -0.25) is 4.79 Å². The number of hydrogen-bond donors (Lipinski definition) is 0. The zero-order chi connectivity index (χ0) is 24.0. The van der Waals surface area contributed by atoms with Crippen molar-refractivity contribution in [1.29, 1.82) is 0 Å². The van der Waals surface area contributed by atoms with Gasteiger partial charge in [0.15, 0.2) is 11.5 Å². The van der Waals surface area contributed by atoms with Gasteiger partial charge in [0.2, 0.25) is 11.5 Å². The molecule has 0 unspecified atom stereocenters. The molecule has 2 aromatic rings.